The van der Waals surface area contributed by atoms with Crippen LogP contribution in [0.2, 0.25) is 0 Å². The number of carbonyl (C=O) groups excluding carboxylic acids is 1. The van der Waals surface area contributed by atoms with Gasteiger partial charge in [0.15, 0.2) is 0 Å². The molecule has 0 unspecified atom stereocenters. The largest absolute Gasteiger partial charge is 0.444 e. The second-order valence-corrected chi connectivity index (χ2v) is 7.61. The first-order valence-corrected chi connectivity index (χ1v) is 8.47. The average molecular weight is 329 g/mol. The summed E-state index contributed by atoms with van der Waals surface area (Å²) in [5.41, 5.74) is 0.388. The zero-order chi connectivity index (χ0) is 16.9. The van der Waals surface area contributed by atoms with E-state index in [0.29, 0.717) is 0 Å². The molecule has 0 radical (unpaired) electrons. The first kappa shape index (κ1) is 15.2. The van der Waals surface area contributed by atoms with Crippen LogP contribution in [0.25, 0.3) is 11.0 Å². The van der Waals surface area contributed by atoms with Crippen molar-refractivity contribution in [2.45, 2.75) is 51.3 Å². The molecule has 2 saturated heterocycles. The maximum atomic E-state index is 12.5. The van der Waals surface area contributed by atoms with E-state index in [1.165, 1.54) is 0 Å². The summed E-state index contributed by atoms with van der Waals surface area (Å²) in [6.07, 6.45) is 5.32. The molecular formula is C17H23N5O2. The van der Waals surface area contributed by atoms with E-state index >= 15 is 0 Å². The number of piperazine rings is 1. The maximum absolute atomic E-state index is 12.5. The number of carbonyl (C=O) groups is 1. The van der Waals surface area contributed by atoms with Crippen molar-refractivity contribution in [3.05, 3.63) is 18.6 Å². The van der Waals surface area contributed by atoms with E-state index in [2.05, 4.69) is 19.9 Å². The minimum absolute atomic E-state index is 0.183. The Morgan fingerprint density at radius 2 is 1.96 bits per heavy atom. The minimum Gasteiger partial charge on any atom is -0.444 e. The zero-order valence-electron chi connectivity index (χ0n) is 14.3. The fraction of sp³-hybridized carbons (Fsp3) is 0.588. The van der Waals surface area contributed by atoms with Crippen LogP contribution < -0.4 is 4.90 Å². The lowest BCUT2D eigenvalue weighted by Crippen LogP contribution is -2.57. The normalized spacial score (nSPS) is 23.8. The Balaban J connectivity index is 1.56. The third kappa shape index (κ3) is 2.57. The Hall–Kier alpha value is -2.31. The molecule has 128 valence electrons. The topological polar surface area (TPSA) is 74.3 Å². The number of rotatable bonds is 1. The number of aromatic nitrogens is 3. The van der Waals surface area contributed by atoms with Gasteiger partial charge in [0.25, 0.3) is 0 Å². The zero-order valence-corrected chi connectivity index (χ0v) is 14.3. The molecule has 7 heteroatoms. The Kier molecular flexibility index (Phi) is 3.40. The van der Waals surface area contributed by atoms with Gasteiger partial charge in [0, 0.05) is 19.3 Å². The van der Waals surface area contributed by atoms with Gasteiger partial charge in [-0.15, -0.1) is 0 Å². The molecule has 2 aromatic heterocycles. The number of anilines is 1. The van der Waals surface area contributed by atoms with E-state index in [1.807, 2.05) is 37.9 Å². The molecule has 4 rings (SSSR count). The van der Waals surface area contributed by atoms with Gasteiger partial charge in [0.2, 0.25) is 0 Å². The molecular weight excluding hydrogens is 306 g/mol. The van der Waals surface area contributed by atoms with E-state index in [9.17, 15) is 4.79 Å². The summed E-state index contributed by atoms with van der Waals surface area (Å²) in [5, 5.41) is 1.03. The molecule has 24 heavy (non-hydrogen) atoms. The summed E-state index contributed by atoms with van der Waals surface area (Å²) in [5.74, 6) is 0.946. The fourth-order valence-corrected chi connectivity index (χ4v) is 3.80. The van der Waals surface area contributed by atoms with E-state index < -0.39 is 5.60 Å². The second kappa shape index (κ2) is 5.36. The summed E-state index contributed by atoms with van der Waals surface area (Å²) < 4.78 is 5.59. The fourth-order valence-electron chi connectivity index (χ4n) is 3.80. The molecule has 2 aliphatic rings. The van der Waals surface area contributed by atoms with Gasteiger partial charge in [-0.25, -0.2) is 14.8 Å². The molecule has 2 aliphatic heterocycles. The molecule has 7 nitrogen and oxygen atoms in total. The monoisotopic (exact) mass is 329 g/mol. The molecule has 2 bridgehead atoms. The smallest absolute Gasteiger partial charge is 0.410 e. The molecule has 1 N–H and O–H groups in total. The minimum atomic E-state index is -0.461. The van der Waals surface area contributed by atoms with Crippen molar-refractivity contribution < 1.29 is 9.53 Å². The number of nitrogens with one attached hydrogen (secondary N) is 1. The highest BCUT2D eigenvalue weighted by molar-refractivity contribution is 5.87. The van der Waals surface area contributed by atoms with Crippen molar-refractivity contribution >= 4 is 22.9 Å². The molecule has 0 aromatic carbocycles. The van der Waals surface area contributed by atoms with Crippen LogP contribution in [0, 0.1) is 0 Å². The lowest BCUT2D eigenvalue weighted by atomic mass is 10.1. The predicted molar refractivity (Wildman–Crippen MR) is 91.0 cm³/mol. The first-order chi connectivity index (χ1) is 11.4. The molecule has 2 fully saturated rings. The van der Waals surface area contributed by atoms with Crippen molar-refractivity contribution in [1.29, 1.82) is 0 Å². The molecule has 0 aliphatic carbocycles. The Bertz CT molecular complexity index is 752. The first-order valence-electron chi connectivity index (χ1n) is 8.47. The van der Waals surface area contributed by atoms with Crippen LogP contribution in [-0.4, -0.2) is 56.7 Å². The summed E-state index contributed by atoms with van der Waals surface area (Å²) >= 11 is 0. The number of nitrogens with zero attached hydrogens (tertiary/aromatic N) is 4. The highest BCUT2D eigenvalue weighted by Crippen LogP contribution is 2.34. The quantitative estimate of drug-likeness (QED) is 0.870. The average Bonchev–Trinajstić information content (AvgIpc) is 3.07. The lowest BCUT2D eigenvalue weighted by molar-refractivity contribution is 0.0123. The van der Waals surface area contributed by atoms with Crippen molar-refractivity contribution in [2.24, 2.45) is 0 Å². The number of amides is 1. The van der Waals surface area contributed by atoms with Crippen LogP contribution in [0.5, 0.6) is 0 Å². The number of ether oxygens (including phenoxy) is 1. The second-order valence-electron chi connectivity index (χ2n) is 7.61. The number of fused-ring (bicyclic) bond motifs is 3. The van der Waals surface area contributed by atoms with Crippen LogP contribution in [0.1, 0.15) is 33.6 Å². The molecule has 1 amide bonds. The van der Waals surface area contributed by atoms with E-state index in [-0.39, 0.29) is 18.2 Å². The van der Waals surface area contributed by atoms with Crippen molar-refractivity contribution in [3.8, 4) is 0 Å². The van der Waals surface area contributed by atoms with Crippen LogP contribution >= 0.6 is 0 Å². The molecule has 0 saturated carbocycles. The van der Waals surface area contributed by atoms with Crippen LogP contribution in [0.15, 0.2) is 18.6 Å². The number of hydrogen-bond acceptors (Lipinski definition) is 5. The lowest BCUT2D eigenvalue weighted by Gasteiger charge is -2.41. The molecule has 2 aromatic rings. The van der Waals surface area contributed by atoms with Gasteiger partial charge in [-0.1, -0.05) is 0 Å². The third-order valence-electron chi connectivity index (χ3n) is 4.72. The number of aromatic amines is 1. The summed E-state index contributed by atoms with van der Waals surface area (Å²) in [4.78, 5) is 28.6. The highest BCUT2D eigenvalue weighted by atomic mass is 16.6. The van der Waals surface area contributed by atoms with Crippen molar-refractivity contribution in [2.75, 3.05) is 18.0 Å². The van der Waals surface area contributed by atoms with Gasteiger partial charge in [-0.3, -0.25) is 4.90 Å². The van der Waals surface area contributed by atoms with Gasteiger partial charge in [-0.2, -0.15) is 0 Å². The summed E-state index contributed by atoms with van der Waals surface area (Å²) in [6.45, 7) is 7.30. The summed E-state index contributed by atoms with van der Waals surface area (Å²) in [7, 11) is 0. The summed E-state index contributed by atoms with van der Waals surface area (Å²) in [6, 6.07) is 2.37. The predicted octanol–water partition coefficient (Wildman–Crippen LogP) is 2.55. The van der Waals surface area contributed by atoms with E-state index in [4.69, 9.17) is 4.74 Å². The number of hydrogen-bond donors (Lipinski definition) is 1. The Morgan fingerprint density at radius 1 is 1.25 bits per heavy atom. The third-order valence-corrected chi connectivity index (χ3v) is 4.72. The number of H-pyrrole nitrogens is 1. The maximum Gasteiger partial charge on any atom is 0.410 e. The van der Waals surface area contributed by atoms with Gasteiger partial charge in [-0.05, 0) is 39.7 Å². The highest BCUT2D eigenvalue weighted by Gasteiger charge is 2.44. The molecule has 4 heterocycles. The molecule has 2 atom stereocenters. The van der Waals surface area contributed by atoms with E-state index in [1.54, 1.807) is 6.33 Å². The van der Waals surface area contributed by atoms with Crippen molar-refractivity contribution in [1.82, 2.24) is 19.9 Å². The van der Waals surface area contributed by atoms with Gasteiger partial charge >= 0.3 is 6.09 Å². The Morgan fingerprint density at radius 3 is 2.62 bits per heavy atom. The van der Waals surface area contributed by atoms with Crippen LogP contribution in [-0.2, 0) is 4.74 Å². The van der Waals surface area contributed by atoms with Gasteiger partial charge in [0.05, 0.1) is 17.5 Å². The SMILES string of the molecule is CC(C)(C)OC(=O)N1[C@@H]2CC[C@H]1CN(c1ncnc3[nH]ccc13)C2. The van der Waals surface area contributed by atoms with Crippen LogP contribution in [0.4, 0.5) is 10.6 Å². The van der Waals surface area contributed by atoms with Gasteiger partial charge in [0.1, 0.15) is 23.4 Å². The van der Waals surface area contributed by atoms with Crippen LogP contribution in [0.3, 0.4) is 0 Å². The van der Waals surface area contributed by atoms with E-state index in [0.717, 1.165) is 42.8 Å². The van der Waals surface area contributed by atoms with Crippen molar-refractivity contribution in [3.63, 3.8) is 0 Å². The Labute approximate surface area is 141 Å². The van der Waals surface area contributed by atoms with Gasteiger partial charge < -0.3 is 14.6 Å². The molecule has 0 spiro atoms. The standard InChI is InChI=1S/C17H23N5O2/c1-17(2,3)24-16(23)22-11-4-5-12(22)9-21(8-11)15-13-6-7-18-14(13)19-10-20-15/h6-7,10-12H,4-5,8-9H2,1-3H3,(H,18,19,20)/t11-,12+.